The van der Waals surface area contributed by atoms with Crippen molar-refractivity contribution in [2.24, 2.45) is 5.16 Å². The van der Waals surface area contributed by atoms with Gasteiger partial charge in [-0.25, -0.2) is 4.79 Å². The molecule has 11 heavy (non-hydrogen) atoms. The van der Waals surface area contributed by atoms with Gasteiger partial charge < -0.3 is 9.94 Å². The minimum atomic E-state index is -0.960. The molecular weight excluding hydrogens is 148 g/mol. The average molecular weight is 158 g/mol. The lowest BCUT2D eigenvalue weighted by atomic mass is 10.4. The molecule has 0 aliphatic carbocycles. The Morgan fingerprint density at radius 1 is 1.82 bits per heavy atom. The van der Waals surface area contributed by atoms with Gasteiger partial charge in [0.1, 0.15) is 7.11 Å². The molecule has 0 radical (unpaired) electrons. The third kappa shape index (κ3) is 1.60. The van der Waals surface area contributed by atoms with E-state index >= 15 is 0 Å². The Hall–Kier alpha value is -1.26. The summed E-state index contributed by atoms with van der Waals surface area (Å²) in [4.78, 5) is 16.2. The van der Waals surface area contributed by atoms with Crippen molar-refractivity contribution in [2.45, 2.75) is 12.8 Å². The van der Waals surface area contributed by atoms with E-state index < -0.39 is 6.09 Å². The van der Waals surface area contributed by atoms with Crippen LogP contribution in [0.25, 0.3) is 0 Å². The molecule has 1 amide bonds. The fourth-order valence-corrected chi connectivity index (χ4v) is 1.07. The lowest BCUT2D eigenvalue weighted by molar-refractivity contribution is 0.167. The first-order valence-electron chi connectivity index (χ1n) is 3.36. The van der Waals surface area contributed by atoms with Crippen LogP contribution in [0.2, 0.25) is 0 Å². The van der Waals surface area contributed by atoms with Crippen LogP contribution in [0.15, 0.2) is 5.16 Å². The van der Waals surface area contributed by atoms with Crippen molar-refractivity contribution >= 4 is 11.9 Å². The van der Waals surface area contributed by atoms with Gasteiger partial charge in [0, 0.05) is 13.0 Å². The molecule has 0 aromatic carbocycles. The first kappa shape index (κ1) is 7.84. The summed E-state index contributed by atoms with van der Waals surface area (Å²) in [5.41, 5.74) is 0. The number of amides is 1. The lowest BCUT2D eigenvalue weighted by Gasteiger charge is -2.09. The van der Waals surface area contributed by atoms with Crippen LogP contribution in [0.1, 0.15) is 12.8 Å². The van der Waals surface area contributed by atoms with Crippen LogP contribution in [0.3, 0.4) is 0 Å². The first-order valence-corrected chi connectivity index (χ1v) is 3.36. The maximum atomic E-state index is 10.5. The highest BCUT2D eigenvalue weighted by Gasteiger charge is 2.24. The van der Waals surface area contributed by atoms with Gasteiger partial charge in [-0.15, -0.1) is 0 Å². The molecule has 1 N–H and O–H groups in total. The van der Waals surface area contributed by atoms with Crippen LogP contribution >= 0.6 is 0 Å². The Balaban J connectivity index is 2.65. The maximum Gasteiger partial charge on any atom is 0.412 e. The van der Waals surface area contributed by atoms with Crippen LogP contribution in [0, 0.1) is 0 Å². The SMILES string of the molecule is CON=C1CCCN1C(=O)O. The van der Waals surface area contributed by atoms with Crippen molar-refractivity contribution in [3.8, 4) is 0 Å². The van der Waals surface area contributed by atoms with Crippen LogP contribution in [-0.2, 0) is 4.84 Å². The van der Waals surface area contributed by atoms with E-state index in [1.165, 1.54) is 12.0 Å². The second-order valence-electron chi connectivity index (χ2n) is 2.23. The van der Waals surface area contributed by atoms with Gasteiger partial charge in [-0.3, -0.25) is 4.90 Å². The molecule has 0 spiro atoms. The molecule has 1 heterocycles. The van der Waals surface area contributed by atoms with Gasteiger partial charge in [0.25, 0.3) is 0 Å². The molecule has 0 aromatic heterocycles. The monoisotopic (exact) mass is 158 g/mol. The predicted molar refractivity (Wildman–Crippen MR) is 38.4 cm³/mol. The fraction of sp³-hybridized carbons (Fsp3) is 0.667. The zero-order valence-electron chi connectivity index (χ0n) is 6.28. The summed E-state index contributed by atoms with van der Waals surface area (Å²) < 4.78 is 0. The molecule has 0 bridgehead atoms. The summed E-state index contributed by atoms with van der Waals surface area (Å²) >= 11 is 0. The van der Waals surface area contributed by atoms with Crippen molar-refractivity contribution in [2.75, 3.05) is 13.7 Å². The summed E-state index contributed by atoms with van der Waals surface area (Å²) in [6.45, 7) is 0.525. The van der Waals surface area contributed by atoms with Gasteiger partial charge in [0.15, 0.2) is 5.84 Å². The van der Waals surface area contributed by atoms with Crippen molar-refractivity contribution < 1.29 is 14.7 Å². The van der Waals surface area contributed by atoms with Gasteiger partial charge in [0.05, 0.1) is 0 Å². The number of hydrogen-bond donors (Lipinski definition) is 1. The van der Waals surface area contributed by atoms with Crippen LogP contribution in [0.4, 0.5) is 4.79 Å². The molecule has 62 valence electrons. The number of carbonyl (C=O) groups is 1. The van der Waals surface area contributed by atoms with Crippen molar-refractivity contribution in [1.82, 2.24) is 4.90 Å². The quantitative estimate of drug-likeness (QED) is 0.572. The summed E-state index contributed by atoms with van der Waals surface area (Å²) in [7, 11) is 1.41. The Bertz CT molecular complexity index is 190. The predicted octanol–water partition coefficient (Wildman–Crippen LogP) is 0.720. The van der Waals surface area contributed by atoms with Gasteiger partial charge in [-0.2, -0.15) is 0 Å². The smallest absolute Gasteiger partial charge is 0.412 e. The molecule has 1 fully saturated rings. The van der Waals surface area contributed by atoms with E-state index in [-0.39, 0.29) is 0 Å². The molecule has 1 aliphatic rings. The number of oxime groups is 1. The van der Waals surface area contributed by atoms with E-state index in [2.05, 4.69) is 9.99 Å². The van der Waals surface area contributed by atoms with Crippen LogP contribution in [0.5, 0.6) is 0 Å². The molecule has 1 saturated heterocycles. The van der Waals surface area contributed by atoms with E-state index in [9.17, 15) is 4.79 Å². The van der Waals surface area contributed by atoms with E-state index in [0.29, 0.717) is 18.8 Å². The summed E-state index contributed by atoms with van der Waals surface area (Å²) in [5, 5.41) is 12.2. The van der Waals surface area contributed by atoms with Crippen molar-refractivity contribution in [3.05, 3.63) is 0 Å². The maximum absolute atomic E-state index is 10.5. The minimum Gasteiger partial charge on any atom is -0.465 e. The summed E-state index contributed by atoms with van der Waals surface area (Å²) in [6, 6.07) is 0. The Morgan fingerprint density at radius 3 is 3.09 bits per heavy atom. The van der Waals surface area contributed by atoms with Crippen LogP contribution < -0.4 is 0 Å². The lowest BCUT2D eigenvalue weighted by Crippen LogP contribution is -2.30. The molecule has 0 unspecified atom stereocenters. The highest BCUT2D eigenvalue weighted by molar-refractivity contribution is 5.95. The normalized spacial score (nSPS) is 20.8. The third-order valence-electron chi connectivity index (χ3n) is 1.52. The zero-order chi connectivity index (χ0) is 8.27. The topological polar surface area (TPSA) is 62.1 Å². The second-order valence-corrected chi connectivity index (χ2v) is 2.23. The van der Waals surface area contributed by atoms with Gasteiger partial charge >= 0.3 is 6.09 Å². The summed E-state index contributed by atoms with van der Waals surface area (Å²) in [5.74, 6) is 0.500. The fourth-order valence-electron chi connectivity index (χ4n) is 1.07. The van der Waals surface area contributed by atoms with Gasteiger partial charge in [0.2, 0.25) is 0 Å². The molecule has 5 heteroatoms. The first-order chi connectivity index (χ1) is 5.25. The second kappa shape index (κ2) is 3.23. The highest BCUT2D eigenvalue weighted by atomic mass is 16.6. The van der Waals surface area contributed by atoms with E-state index in [4.69, 9.17) is 5.11 Å². The van der Waals surface area contributed by atoms with Crippen molar-refractivity contribution in [3.63, 3.8) is 0 Å². The van der Waals surface area contributed by atoms with Gasteiger partial charge in [-0.05, 0) is 6.42 Å². The molecule has 0 atom stereocenters. The van der Waals surface area contributed by atoms with E-state index in [1.54, 1.807) is 0 Å². The molecule has 1 rings (SSSR count). The van der Waals surface area contributed by atoms with Crippen LogP contribution in [-0.4, -0.2) is 35.6 Å². The Morgan fingerprint density at radius 2 is 2.55 bits per heavy atom. The molecule has 0 aromatic rings. The largest absolute Gasteiger partial charge is 0.465 e. The third-order valence-corrected chi connectivity index (χ3v) is 1.52. The standard InChI is InChI=1S/C6H10N2O3/c1-11-7-5-3-2-4-8(5)6(9)10/h2-4H2,1H3,(H,9,10). The number of hydrogen-bond acceptors (Lipinski definition) is 3. The van der Waals surface area contributed by atoms with Crippen molar-refractivity contribution in [1.29, 1.82) is 0 Å². The number of carboxylic acid groups (broad SMARTS) is 1. The Labute approximate surface area is 64.2 Å². The Kier molecular flexibility index (Phi) is 2.30. The number of nitrogens with zero attached hydrogens (tertiary/aromatic N) is 2. The molecule has 5 nitrogen and oxygen atoms in total. The van der Waals surface area contributed by atoms with Gasteiger partial charge in [-0.1, -0.05) is 5.16 Å². The summed E-state index contributed by atoms with van der Waals surface area (Å²) in [6.07, 6.45) is 0.549. The molecular formula is C6H10N2O3. The highest BCUT2D eigenvalue weighted by Crippen LogP contribution is 2.11. The number of likely N-dealkylation sites (tertiary alicyclic amines) is 1. The van der Waals surface area contributed by atoms with E-state index in [1.807, 2.05) is 0 Å². The molecule has 1 aliphatic heterocycles. The molecule has 0 saturated carbocycles. The average Bonchev–Trinajstić information content (AvgIpc) is 2.36. The van der Waals surface area contributed by atoms with E-state index in [0.717, 1.165) is 6.42 Å². The number of amidine groups is 1. The number of rotatable bonds is 1. The zero-order valence-corrected chi connectivity index (χ0v) is 6.28. The minimum absolute atomic E-state index is 0.500.